The number of nitrogens with one attached hydrogen (secondary N) is 3. The molecule has 0 saturated carbocycles. The number of amides is 1. The maximum atomic E-state index is 13.8. The van der Waals surface area contributed by atoms with E-state index in [0.29, 0.717) is 27.1 Å². The molecule has 0 fully saturated rings. The molecule has 0 radical (unpaired) electrons. The number of halogens is 3. The molecule has 1 heterocycles. The molecular weight excluding hydrogens is 527 g/mol. The molecule has 1 aromatic heterocycles. The predicted molar refractivity (Wildman–Crippen MR) is 122 cm³/mol. The number of carbonyl (C=O) groups excluding carboxylic acids is 1. The first-order chi connectivity index (χ1) is 15.1. The predicted octanol–water partition coefficient (Wildman–Crippen LogP) is 4.32. The van der Waals surface area contributed by atoms with Crippen LogP contribution in [0.3, 0.4) is 0 Å². The summed E-state index contributed by atoms with van der Waals surface area (Å²) in [5.41, 5.74) is 1.62. The van der Waals surface area contributed by atoms with E-state index in [-0.39, 0.29) is 16.5 Å². The van der Waals surface area contributed by atoms with Crippen molar-refractivity contribution in [2.75, 3.05) is 13.7 Å². The number of carbonyl (C=O) groups is 1. The summed E-state index contributed by atoms with van der Waals surface area (Å²) in [5.74, 6) is -0.0303. The number of hydrogen-bond acceptors (Lipinski definition) is 5. The fourth-order valence-electron chi connectivity index (χ4n) is 2.81. The number of hydrogen-bond donors (Lipinski definition) is 3. The molecule has 0 spiro atoms. The van der Waals surface area contributed by atoms with Crippen LogP contribution in [0.4, 0.5) is 9.18 Å². The minimum Gasteiger partial charge on any atom is -0.453 e. The molecule has 0 aliphatic carbocycles. The Hall–Kier alpha value is -2.47. The lowest BCUT2D eigenvalue weighted by Crippen LogP contribution is -2.41. The number of methoxy groups -OCH3 is 1. The summed E-state index contributed by atoms with van der Waals surface area (Å²) in [7, 11) is -2.79. The van der Waals surface area contributed by atoms with Crippen molar-refractivity contribution in [3.05, 3.63) is 57.9 Å². The van der Waals surface area contributed by atoms with Crippen LogP contribution in [0.25, 0.3) is 22.6 Å². The van der Waals surface area contributed by atoms with Gasteiger partial charge in [-0.05, 0) is 53.2 Å². The Labute approximate surface area is 197 Å². The van der Waals surface area contributed by atoms with Crippen LogP contribution in [0.2, 0.25) is 5.02 Å². The van der Waals surface area contributed by atoms with Gasteiger partial charge in [-0.3, -0.25) is 0 Å². The van der Waals surface area contributed by atoms with Crippen molar-refractivity contribution < 1.29 is 22.3 Å². The Bertz CT molecular complexity index is 1250. The number of nitrogens with zero attached hydrogens (tertiary/aromatic N) is 1. The Kier molecular flexibility index (Phi) is 7.55. The van der Waals surface area contributed by atoms with Gasteiger partial charge in [0.2, 0.25) is 10.0 Å². The normalized spacial score (nSPS) is 12.4. The van der Waals surface area contributed by atoms with E-state index in [1.54, 1.807) is 25.1 Å². The molecule has 1 atom stereocenters. The molecule has 0 aliphatic heterocycles. The first-order valence-corrected chi connectivity index (χ1v) is 11.9. The van der Waals surface area contributed by atoms with E-state index in [4.69, 9.17) is 11.6 Å². The number of aromatic amines is 1. The average Bonchev–Trinajstić information content (AvgIpc) is 3.24. The van der Waals surface area contributed by atoms with E-state index in [9.17, 15) is 17.6 Å². The molecule has 0 bridgehead atoms. The Morgan fingerprint density at radius 3 is 2.69 bits per heavy atom. The van der Waals surface area contributed by atoms with Crippen molar-refractivity contribution in [1.29, 1.82) is 0 Å². The van der Waals surface area contributed by atoms with Gasteiger partial charge in [0.25, 0.3) is 0 Å². The third-order valence-corrected chi connectivity index (χ3v) is 7.11. The van der Waals surface area contributed by atoms with Crippen molar-refractivity contribution >= 4 is 43.6 Å². The molecule has 8 nitrogen and oxygen atoms in total. The number of imidazole rings is 1. The zero-order valence-electron chi connectivity index (χ0n) is 16.9. The van der Waals surface area contributed by atoms with Crippen LogP contribution in [0, 0.1) is 5.82 Å². The molecule has 32 heavy (non-hydrogen) atoms. The van der Waals surface area contributed by atoms with E-state index >= 15 is 0 Å². The zero-order valence-corrected chi connectivity index (χ0v) is 20.1. The number of H-pyrrole nitrogens is 1. The summed E-state index contributed by atoms with van der Waals surface area (Å²) in [4.78, 5) is 18.4. The van der Waals surface area contributed by atoms with Crippen LogP contribution < -0.4 is 10.0 Å². The summed E-state index contributed by atoms with van der Waals surface area (Å²) in [6, 6.07) is 8.48. The van der Waals surface area contributed by atoms with Crippen LogP contribution in [0.15, 0.2) is 52.0 Å². The van der Waals surface area contributed by atoms with Crippen LogP contribution in [-0.4, -0.2) is 44.2 Å². The molecule has 1 amide bonds. The molecule has 0 aliphatic rings. The van der Waals surface area contributed by atoms with Crippen LogP contribution in [0.5, 0.6) is 0 Å². The monoisotopic (exact) mass is 544 g/mol. The summed E-state index contributed by atoms with van der Waals surface area (Å²) >= 11 is 9.26. The highest BCUT2D eigenvalue weighted by Crippen LogP contribution is 2.29. The van der Waals surface area contributed by atoms with Crippen molar-refractivity contribution in [2.45, 2.75) is 17.9 Å². The first kappa shape index (κ1) is 24.2. The smallest absolute Gasteiger partial charge is 0.406 e. The van der Waals surface area contributed by atoms with Gasteiger partial charge in [0.15, 0.2) is 0 Å². The Morgan fingerprint density at radius 2 is 2.00 bits per heavy atom. The molecule has 2 aromatic carbocycles. The number of benzene rings is 2. The number of rotatable bonds is 7. The fraction of sp³-hybridized carbons (Fsp3) is 0.200. The molecule has 170 valence electrons. The second kappa shape index (κ2) is 9.99. The Balaban J connectivity index is 1.85. The number of ether oxygens (including phenoxy) is 1. The van der Waals surface area contributed by atoms with E-state index in [1.165, 1.54) is 31.5 Å². The topological polar surface area (TPSA) is 113 Å². The van der Waals surface area contributed by atoms with Gasteiger partial charge in [0.05, 0.1) is 28.5 Å². The van der Waals surface area contributed by atoms with Gasteiger partial charge in [-0.15, -0.1) is 0 Å². The van der Waals surface area contributed by atoms with Crippen molar-refractivity contribution in [3.8, 4) is 22.6 Å². The number of alkyl carbamates (subject to hydrolysis) is 1. The van der Waals surface area contributed by atoms with Gasteiger partial charge in [0.1, 0.15) is 16.5 Å². The first-order valence-electron chi connectivity index (χ1n) is 9.25. The van der Waals surface area contributed by atoms with Crippen molar-refractivity contribution in [3.63, 3.8) is 0 Å². The lowest BCUT2D eigenvalue weighted by molar-refractivity contribution is 0.170. The van der Waals surface area contributed by atoms with Gasteiger partial charge in [0, 0.05) is 23.7 Å². The largest absolute Gasteiger partial charge is 0.453 e. The standard InChI is InChI=1S/C20H19BrClFN4O4S/c1-11(9-25-20(28)31-2)27-32(29,30)18-8-13(4-6-15(18)22)19-24-10-17(26-19)12-3-5-14(21)16(23)7-12/h3-8,10-11,27H,9H2,1-2H3,(H,24,26)(H,25,28). The number of sulfonamides is 1. The average molecular weight is 546 g/mol. The van der Waals surface area contributed by atoms with E-state index < -0.39 is 28.0 Å². The lowest BCUT2D eigenvalue weighted by Gasteiger charge is -2.15. The summed E-state index contributed by atoms with van der Waals surface area (Å²) in [5, 5.41) is 2.44. The summed E-state index contributed by atoms with van der Waals surface area (Å²) in [6.07, 6.45) is 0.856. The van der Waals surface area contributed by atoms with E-state index in [0.717, 1.165) is 0 Å². The maximum Gasteiger partial charge on any atom is 0.406 e. The molecule has 12 heteroatoms. The molecule has 1 unspecified atom stereocenters. The lowest BCUT2D eigenvalue weighted by atomic mass is 10.2. The highest BCUT2D eigenvalue weighted by atomic mass is 79.9. The quantitative estimate of drug-likeness (QED) is 0.409. The van der Waals surface area contributed by atoms with Crippen molar-refractivity contribution in [1.82, 2.24) is 20.0 Å². The fourth-order valence-corrected chi connectivity index (χ4v) is 4.83. The second-order valence-electron chi connectivity index (χ2n) is 6.81. The molecule has 0 saturated heterocycles. The third-order valence-electron chi connectivity index (χ3n) is 4.39. The second-order valence-corrected chi connectivity index (χ2v) is 9.76. The van der Waals surface area contributed by atoms with Crippen LogP contribution in [-0.2, 0) is 14.8 Å². The molecular formula is C20H19BrClFN4O4S. The van der Waals surface area contributed by atoms with Crippen LogP contribution in [0.1, 0.15) is 6.92 Å². The zero-order chi connectivity index (χ0) is 23.5. The van der Waals surface area contributed by atoms with Gasteiger partial charge in [-0.25, -0.2) is 27.3 Å². The van der Waals surface area contributed by atoms with Crippen LogP contribution >= 0.6 is 27.5 Å². The van der Waals surface area contributed by atoms with Gasteiger partial charge < -0.3 is 15.0 Å². The van der Waals surface area contributed by atoms with Gasteiger partial charge in [-0.2, -0.15) is 0 Å². The maximum absolute atomic E-state index is 13.8. The van der Waals surface area contributed by atoms with Gasteiger partial charge in [-0.1, -0.05) is 17.7 Å². The molecule has 3 aromatic rings. The highest BCUT2D eigenvalue weighted by Gasteiger charge is 2.22. The highest BCUT2D eigenvalue weighted by molar-refractivity contribution is 9.10. The molecule has 3 N–H and O–H groups in total. The SMILES string of the molecule is COC(=O)NCC(C)NS(=O)(=O)c1cc(-c2ncc(-c3ccc(Br)c(F)c3)[nH]2)ccc1Cl. The minimum atomic E-state index is -4.00. The summed E-state index contributed by atoms with van der Waals surface area (Å²) < 4.78 is 46.8. The number of aromatic nitrogens is 2. The Morgan fingerprint density at radius 1 is 1.28 bits per heavy atom. The van der Waals surface area contributed by atoms with Crippen molar-refractivity contribution in [2.24, 2.45) is 0 Å². The summed E-state index contributed by atoms with van der Waals surface area (Å²) in [6.45, 7) is 1.61. The van der Waals surface area contributed by atoms with Gasteiger partial charge >= 0.3 is 6.09 Å². The third kappa shape index (κ3) is 5.66. The minimum absolute atomic E-state index is 0.0223. The van der Waals surface area contributed by atoms with E-state index in [2.05, 4.69) is 40.7 Å². The molecule has 3 rings (SSSR count). The van der Waals surface area contributed by atoms with E-state index in [1.807, 2.05) is 0 Å².